The number of aryl methyl sites for hydroxylation is 2. The smallest absolute Gasteiger partial charge is 0.187 e. The van der Waals surface area contributed by atoms with E-state index in [1.807, 2.05) is 32.2 Å². The molecule has 2 heterocycles. The Kier molecular flexibility index (Phi) is 5.69. The van der Waals surface area contributed by atoms with Crippen molar-refractivity contribution in [2.75, 3.05) is 13.1 Å². The molecule has 1 aromatic heterocycles. The van der Waals surface area contributed by atoms with Gasteiger partial charge in [-0.1, -0.05) is 12.1 Å². The summed E-state index contributed by atoms with van der Waals surface area (Å²) in [6.45, 7) is 6.73. The first kappa shape index (κ1) is 17.9. The number of H-pyrrole nitrogens is 1. The molecule has 3 nitrogen and oxygen atoms in total. The van der Waals surface area contributed by atoms with Crippen LogP contribution in [-0.2, 0) is 13.0 Å². The van der Waals surface area contributed by atoms with Crippen LogP contribution in [0.2, 0.25) is 0 Å². The molecule has 134 valence electrons. The van der Waals surface area contributed by atoms with E-state index < -0.39 is 0 Å². The zero-order chi connectivity index (χ0) is 17.8. The van der Waals surface area contributed by atoms with Crippen molar-refractivity contribution < 1.29 is 4.39 Å². The van der Waals surface area contributed by atoms with Gasteiger partial charge in [-0.15, -0.1) is 0 Å². The van der Waals surface area contributed by atoms with E-state index in [0.717, 1.165) is 49.3 Å². The van der Waals surface area contributed by atoms with E-state index >= 15 is 0 Å². The number of hydrogen-bond donors (Lipinski definition) is 1. The van der Waals surface area contributed by atoms with Crippen LogP contribution in [0.15, 0.2) is 35.3 Å². The molecule has 1 atom stereocenters. The molecule has 0 unspecified atom stereocenters. The lowest BCUT2D eigenvalue weighted by Crippen LogP contribution is -2.36. The van der Waals surface area contributed by atoms with Crippen molar-refractivity contribution >= 4 is 0 Å². The molecular weight excluding hydrogens is 315 g/mol. The summed E-state index contributed by atoms with van der Waals surface area (Å²) in [5, 5.41) is 0. The maximum Gasteiger partial charge on any atom is 0.187 e. The summed E-state index contributed by atoms with van der Waals surface area (Å²) in [6, 6.07) is 6.85. The SMILES string of the molecule is Cc1c[nH]c(CN2CCC[C@@H](CCc3ccc(F)cc3)C2)c(C)c1=O. The van der Waals surface area contributed by atoms with Crippen LogP contribution in [0.1, 0.15) is 41.6 Å². The molecule has 1 aliphatic heterocycles. The average molecular weight is 342 g/mol. The fourth-order valence-electron chi connectivity index (χ4n) is 3.74. The summed E-state index contributed by atoms with van der Waals surface area (Å²) in [5.74, 6) is 0.492. The molecule has 1 fully saturated rings. The highest BCUT2D eigenvalue weighted by atomic mass is 19.1. The number of rotatable bonds is 5. The normalized spacial score (nSPS) is 18.4. The minimum absolute atomic E-state index is 0.151. The Morgan fingerprint density at radius 3 is 2.76 bits per heavy atom. The number of aromatic nitrogens is 1. The Morgan fingerprint density at radius 2 is 2.00 bits per heavy atom. The predicted molar refractivity (Wildman–Crippen MR) is 99.3 cm³/mol. The number of nitrogens with zero attached hydrogens (tertiary/aromatic N) is 1. The van der Waals surface area contributed by atoms with E-state index in [4.69, 9.17) is 0 Å². The molecule has 0 radical (unpaired) electrons. The van der Waals surface area contributed by atoms with Gasteiger partial charge in [0.1, 0.15) is 5.82 Å². The summed E-state index contributed by atoms with van der Waals surface area (Å²) < 4.78 is 13.0. The molecule has 1 saturated heterocycles. The third-order valence-corrected chi connectivity index (χ3v) is 5.35. The van der Waals surface area contributed by atoms with Crippen LogP contribution < -0.4 is 5.43 Å². The number of likely N-dealkylation sites (tertiary alicyclic amines) is 1. The van der Waals surface area contributed by atoms with Gasteiger partial charge in [-0.3, -0.25) is 9.69 Å². The summed E-state index contributed by atoms with van der Waals surface area (Å²) in [7, 11) is 0. The minimum Gasteiger partial charge on any atom is -0.363 e. The van der Waals surface area contributed by atoms with Gasteiger partial charge in [-0.05, 0) is 69.7 Å². The van der Waals surface area contributed by atoms with E-state index in [1.54, 1.807) is 12.1 Å². The molecule has 0 spiro atoms. The number of pyridine rings is 1. The maximum absolute atomic E-state index is 13.0. The van der Waals surface area contributed by atoms with Gasteiger partial charge < -0.3 is 4.98 Å². The topological polar surface area (TPSA) is 36.1 Å². The van der Waals surface area contributed by atoms with Crippen molar-refractivity contribution in [3.05, 3.63) is 68.9 Å². The molecule has 1 N–H and O–H groups in total. The molecule has 4 heteroatoms. The second-order valence-electron chi connectivity index (χ2n) is 7.31. The number of aromatic amines is 1. The van der Waals surface area contributed by atoms with E-state index in [-0.39, 0.29) is 11.2 Å². The monoisotopic (exact) mass is 342 g/mol. The van der Waals surface area contributed by atoms with Gasteiger partial charge in [0.05, 0.1) is 0 Å². The lowest BCUT2D eigenvalue weighted by molar-refractivity contribution is 0.160. The van der Waals surface area contributed by atoms with Crippen LogP contribution in [0.5, 0.6) is 0 Å². The van der Waals surface area contributed by atoms with Gasteiger partial charge in [0.2, 0.25) is 0 Å². The lowest BCUT2D eigenvalue weighted by Gasteiger charge is -2.33. The molecule has 0 saturated carbocycles. The van der Waals surface area contributed by atoms with Crippen LogP contribution >= 0.6 is 0 Å². The standard InChI is InChI=1S/C21H27FN2O/c1-15-12-23-20(16(2)21(15)25)14-24-11-3-4-18(13-24)6-5-17-7-9-19(22)10-8-17/h7-10,12,18H,3-6,11,13-14H2,1-2H3,(H,23,25)/t18-/m0/s1. The molecule has 25 heavy (non-hydrogen) atoms. The Bertz CT molecular complexity index is 766. The highest BCUT2D eigenvalue weighted by Crippen LogP contribution is 2.23. The van der Waals surface area contributed by atoms with Gasteiger partial charge in [0, 0.05) is 36.1 Å². The van der Waals surface area contributed by atoms with Crippen molar-refractivity contribution in [2.45, 2.75) is 46.1 Å². The lowest BCUT2D eigenvalue weighted by atomic mass is 9.91. The van der Waals surface area contributed by atoms with Crippen molar-refractivity contribution in [3.8, 4) is 0 Å². The van der Waals surface area contributed by atoms with Gasteiger partial charge in [-0.2, -0.15) is 0 Å². The predicted octanol–water partition coefficient (Wildman–Crippen LogP) is 3.98. The second kappa shape index (κ2) is 7.96. The highest BCUT2D eigenvalue weighted by Gasteiger charge is 2.21. The number of halogens is 1. The van der Waals surface area contributed by atoms with E-state index in [2.05, 4.69) is 9.88 Å². The van der Waals surface area contributed by atoms with Gasteiger partial charge in [0.15, 0.2) is 5.43 Å². The zero-order valence-electron chi connectivity index (χ0n) is 15.1. The van der Waals surface area contributed by atoms with E-state index in [1.165, 1.54) is 18.4 Å². The molecule has 1 aliphatic rings. The summed E-state index contributed by atoms with van der Waals surface area (Å²) in [6.07, 6.45) is 6.40. The molecule has 0 aliphatic carbocycles. The highest BCUT2D eigenvalue weighted by molar-refractivity contribution is 5.23. The average Bonchev–Trinajstić information content (AvgIpc) is 2.62. The van der Waals surface area contributed by atoms with Crippen LogP contribution in [-0.4, -0.2) is 23.0 Å². The quantitative estimate of drug-likeness (QED) is 0.892. The van der Waals surface area contributed by atoms with Crippen molar-refractivity contribution in [2.24, 2.45) is 5.92 Å². The van der Waals surface area contributed by atoms with Gasteiger partial charge in [0.25, 0.3) is 0 Å². The third-order valence-electron chi connectivity index (χ3n) is 5.35. The molecule has 0 bridgehead atoms. The second-order valence-corrected chi connectivity index (χ2v) is 7.31. The number of hydrogen-bond acceptors (Lipinski definition) is 2. The fourth-order valence-corrected chi connectivity index (χ4v) is 3.74. The first-order chi connectivity index (χ1) is 12.0. The Hall–Kier alpha value is -1.94. The number of nitrogens with one attached hydrogen (secondary N) is 1. The van der Waals surface area contributed by atoms with Crippen molar-refractivity contribution in [1.29, 1.82) is 0 Å². The van der Waals surface area contributed by atoms with Crippen LogP contribution in [0, 0.1) is 25.6 Å². The molecule has 3 rings (SSSR count). The largest absolute Gasteiger partial charge is 0.363 e. The van der Waals surface area contributed by atoms with E-state index in [9.17, 15) is 9.18 Å². The molecule has 1 aromatic carbocycles. The van der Waals surface area contributed by atoms with E-state index in [0.29, 0.717) is 5.92 Å². The first-order valence-electron chi connectivity index (χ1n) is 9.17. The summed E-state index contributed by atoms with van der Waals surface area (Å²) in [5.41, 5.74) is 4.01. The Balaban J connectivity index is 1.57. The van der Waals surface area contributed by atoms with Gasteiger partial charge >= 0.3 is 0 Å². The van der Waals surface area contributed by atoms with Crippen molar-refractivity contribution in [1.82, 2.24) is 9.88 Å². The van der Waals surface area contributed by atoms with Crippen LogP contribution in [0.4, 0.5) is 4.39 Å². The Morgan fingerprint density at radius 1 is 1.24 bits per heavy atom. The van der Waals surface area contributed by atoms with Crippen LogP contribution in [0.25, 0.3) is 0 Å². The number of piperidine rings is 1. The fraction of sp³-hybridized carbons (Fsp3) is 0.476. The Labute approximate surface area is 148 Å². The van der Waals surface area contributed by atoms with Gasteiger partial charge in [-0.25, -0.2) is 4.39 Å². The van der Waals surface area contributed by atoms with Crippen LogP contribution in [0.3, 0.4) is 0 Å². The number of benzene rings is 1. The molecule has 0 amide bonds. The minimum atomic E-state index is -0.171. The first-order valence-corrected chi connectivity index (χ1v) is 9.17. The summed E-state index contributed by atoms with van der Waals surface area (Å²) >= 11 is 0. The molecular formula is C21H27FN2O. The maximum atomic E-state index is 13.0. The molecule has 2 aromatic rings. The van der Waals surface area contributed by atoms with Crippen molar-refractivity contribution in [3.63, 3.8) is 0 Å². The third kappa shape index (κ3) is 4.57. The zero-order valence-corrected chi connectivity index (χ0v) is 15.1. The summed E-state index contributed by atoms with van der Waals surface area (Å²) in [4.78, 5) is 17.9.